The molecule has 58 valence electrons. The van der Waals surface area contributed by atoms with Gasteiger partial charge in [0.15, 0.2) is 0 Å². The van der Waals surface area contributed by atoms with Crippen LogP contribution in [0.5, 0.6) is 0 Å². The van der Waals surface area contributed by atoms with Crippen molar-refractivity contribution in [1.29, 1.82) is 0 Å². The number of fused-ring (bicyclic) bond motifs is 1. The van der Waals surface area contributed by atoms with E-state index in [1.165, 1.54) is 3.69 Å². The van der Waals surface area contributed by atoms with Gasteiger partial charge >= 0.3 is 76.7 Å². The first-order valence-electron chi connectivity index (χ1n) is 3.41. The van der Waals surface area contributed by atoms with Crippen LogP contribution >= 0.6 is 0 Å². The van der Waals surface area contributed by atoms with Crippen molar-refractivity contribution in [3.63, 3.8) is 0 Å². The fourth-order valence-corrected chi connectivity index (χ4v) is 1.46. The minimum atomic E-state index is 0. The van der Waals surface area contributed by atoms with Crippen LogP contribution in [0.1, 0.15) is 5.82 Å². The Morgan fingerprint density at radius 1 is 1.42 bits per heavy atom. The Kier molecular flexibility index (Phi) is 2.92. The zero-order valence-electron chi connectivity index (χ0n) is 6.66. The standard InChI is InChI=1S/C7H6N3.ClH.Mg/c1-6-8-9-7-4-2-3-5-10(6)7;;/h2-3,5H,1H3;1H;/q;;+1/p-1. The van der Waals surface area contributed by atoms with Crippen LogP contribution < -0.4 is 16.1 Å². The number of pyridine rings is 1. The first-order valence-corrected chi connectivity index (χ1v) is 4.12. The number of halogens is 1. The van der Waals surface area contributed by atoms with E-state index >= 15 is 0 Å². The molecule has 0 fully saturated rings. The molecule has 0 saturated heterocycles. The molecule has 3 nitrogen and oxygen atoms in total. The maximum Gasteiger partial charge on any atom is -1.00 e. The molecular weight excluding hydrogens is 186 g/mol. The maximum absolute atomic E-state index is 4.04. The predicted octanol–water partition coefficient (Wildman–Crippen LogP) is -3.16. The summed E-state index contributed by atoms with van der Waals surface area (Å²) in [7, 11) is 0. The molecule has 0 radical (unpaired) electrons. The van der Waals surface area contributed by atoms with Crippen molar-refractivity contribution < 1.29 is 12.4 Å². The summed E-state index contributed by atoms with van der Waals surface area (Å²) < 4.78 is 3.18. The third kappa shape index (κ3) is 1.42. The van der Waals surface area contributed by atoms with E-state index in [0.717, 1.165) is 11.5 Å². The first-order chi connectivity index (χ1) is 5.29. The van der Waals surface area contributed by atoms with Crippen molar-refractivity contribution in [3.05, 3.63) is 24.2 Å². The van der Waals surface area contributed by atoms with E-state index in [4.69, 9.17) is 0 Å². The van der Waals surface area contributed by atoms with Crippen LogP contribution in [0.4, 0.5) is 0 Å². The van der Waals surface area contributed by atoms with Crippen molar-refractivity contribution in [2.45, 2.75) is 6.92 Å². The molecule has 0 aliphatic heterocycles. The largest absolute Gasteiger partial charge is 1.00 e. The molecule has 0 aliphatic rings. The fourth-order valence-electron chi connectivity index (χ4n) is 1.09. The summed E-state index contributed by atoms with van der Waals surface area (Å²) >= 11 is 1.83. The molecule has 0 bridgehead atoms. The van der Waals surface area contributed by atoms with Gasteiger partial charge in [0.1, 0.15) is 0 Å². The first kappa shape index (κ1) is 9.76. The van der Waals surface area contributed by atoms with Gasteiger partial charge in [-0.2, -0.15) is 0 Å². The Balaban J connectivity index is 0.000000720. The molecule has 0 spiro atoms. The topological polar surface area (TPSA) is 30.2 Å². The van der Waals surface area contributed by atoms with Crippen LogP contribution in [0, 0.1) is 6.92 Å². The molecule has 5 heteroatoms. The normalized spacial score (nSPS) is 9.92. The average molecular weight is 192 g/mol. The second kappa shape index (κ2) is 3.59. The van der Waals surface area contributed by atoms with Crippen LogP contribution in [0.3, 0.4) is 0 Å². The third-order valence-corrected chi connectivity index (χ3v) is 2.24. The van der Waals surface area contributed by atoms with Gasteiger partial charge in [-0.3, -0.25) is 0 Å². The fraction of sp³-hybridized carbons (Fsp3) is 0.143. The SMILES string of the molecule is Cc1nnc2[c]([Mg+])cccn12.[Cl-]. The van der Waals surface area contributed by atoms with E-state index in [0.29, 0.717) is 0 Å². The van der Waals surface area contributed by atoms with Crippen LogP contribution in [0.25, 0.3) is 5.65 Å². The van der Waals surface area contributed by atoms with Gasteiger partial charge in [-0.05, 0) is 0 Å². The Bertz CT molecular complexity index is 398. The van der Waals surface area contributed by atoms with Crippen molar-refractivity contribution in [2.24, 2.45) is 0 Å². The third-order valence-electron chi connectivity index (χ3n) is 1.69. The molecule has 2 aromatic heterocycles. The van der Waals surface area contributed by atoms with Crippen molar-refractivity contribution in [3.8, 4) is 0 Å². The molecular formula is C7H6ClMgN3. The van der Waals surface area contributed by atoms with E-state index < -0.39 is 0 Å². The van der Waals surface area contributed by atoms with E-state index in [9.17, 15) is 0 Å². The summed E-state index contributed by atoms with van der Waals surface area (Å²) in [6.45, 7) is 1.95. The van der Waals surface area contributed by atoms with Crippen molar-refractivity contribution >= 4 is 31.0 Å². The summed E-state index contributed by atoms with van der Waals surface area (Å²) in [6, 6.07) is 4.05. The molecule has 0 N–H and O–H groups in total. The number of hydrogen-bond acceptors (Lipinski definition) is 2. The minimum absolute atomic E-state index is 0. The minimum Gasteiger partial charge on any atom is -1.00 e. The second-order valence-corrected chi connectivity index (χ2v) is 3.24. The Morgan fingerprint density at radius 2 is 2.17 bits per heavy atom. The molecule has 0 amide bonds. The van der Waals surface area contributed by atoms with Crippen LogP contribution in [0.15, 0.2) is 18.3 Å². The summed E-state index contributed by atoms with van der Waals surface area (Å²) in [5.74, 6) is 0.938. The number of hydrogen-bond donors (Lipinski definition) is 0. The van der Waals surface area contributed by atoms with Gasteiger partial charge < -0.3 is 12.4 Å². The van der Waals surface area contributed by atoms with E-state index in [1.54, 1.807) is 0 Å². The van der Waals surface area contributed by atoms with Crippen molar-refractivity contribution in [2.75, 3.05) is 0 Å². The van der Waals surface area contributed by atoms with Gasteiger partial charge in [0.25, 0.3) is 0 Å². The molecule has 12 heavy (non-hydrogen) atoms. The Hall–Kier alpha value is -0.324. The predicted molar refractivity (Wildman–Crippen MR) is 43.1 cm³/mol. The van der Waals surface area contributed by atoms with E-state index in [2.05, 4.69) is 10.2 Å². The van der Waals surface area contributed by atoms with Crippen molar-refractivity contribution in [1.82, 2.24) is 14.6 Å². The van der Waals surface area contributed by atoms with E-state index in [-0.39, 0.29) is 12.4 Å². The molecule has 0 aliphatic carbocycles. The van der Waals surface area contributed by atoms with E-state index in [1.807, 2.05) is 51.4 Å². The Labute approximate surface area is 89.0 Å². The van der Waals surface area contributed by atoms with Gasteiger partial charge in [-0.25, -0.2) is 0 Å². The summed E-state index contributed by atoms with van der Waals surface area (Å²) in [5, 5.41) is 8.01. The van der Waals surface area contributed by atoms with Gasteiger partial charge in [0.05, 0.1) is 0 Å². The molecule has 0 saturated carbocycles. The summed E-state index contributed by atoms with van der Waals surface area (Å²) in [4.78, 5) is 0. The molecule has 2 rings (SSSR count). The Morgan fingerprint density at radius 3 is 2.83 bits per heavy atom. The van der Waals surface area contributed by atoms with Crippen LogP contribution in [0.2, 0.25) is 0 Å². The molecule has 0 atom stereocenters. The molecule has 2 aromatic rings. The monoisotopic (exact) mass is 191 g/mol. The van der Waals surface area contributed by atoms with Crippen LogP contribution in [-0.2, 0) is 0 Å². The molecule has 2 heterocycles. The quantitative estimate of drug-likeness (QED) is 0.412. The average Bonchev–Trinajstić information content (AvgIpc) is 2.35. The van der Waals surface area contributed by atoms with Gasteiger partial charge in [0.2, 0.25) is 0 Å². The zero-order valence-corrected chi connectivity index (χ0v) is 8.83. The summed E-state index contributed by atoms with van der Waals surface area (Å²) in [5.41, 5.74) is 0.961. The number of nitrogens with zero attached hydrogens (tertiary/aromatic N) is 3. The summed E-state index contributed by atoms with van der Waals surface area (Å²) in [6.07, 6.45) is 1.97. The maximum atomic E-state index is 4.04. The second-order valence-electron chi connectivity index (χ2n) is 2.47. The van der Waals surface area contributed by atoms with Gasteiger partial charge in [-0.15, -0.1) is 0 Å². The zero-order chi connectivity index (χ0) is 7.84. The molecule has 0 aromatic carbocycles. The van der Waals surface area contributed by atoms with Gasteiger partial charge in [-0.1, -0.05) is 0 Å². The number of rotatable bonds is 0. The molecule has 0 unspecified atom stereocenters. The number of aryl methyl sites for hydroxylation is 1. The van der Waals surface area contributed by atoms with Gasteiger partial charge in [0, 0.05) is 0 Å². The van der Waals surface area contributed by atoms with Crippen LogP contribution in [-0.4, -0.2) is 36.3 Å². The smallest absolute Gasteiger partial charge is 1.00 e. The number of aromatic nitrogens is 3.